The fraction of sp³-hybridized carbons (Fsp3) is 0.400. The molecular formula is C15H18F3N3O3S. The van der Waals surface area contributed by atoms with Crippen molar-refractivity contribution in [3.05, 3.63) is 47.3 Å². The van der Waals surface area contributed by atoms with Gasteiger partial charge in [-0.15, -0.1) is 0 Å². The maximum atomic E-state index is 13.4. The van der Waals surface area contributed by atoms with E-state index in [2.05, 4.69) is 5.10 Å². The second-order valence-electron chi connectivity index (χ2n) is 5.67. The fourth-order valence-corrected chi connectivity index (χ4v) is 3.99. The van der Waals surface area contributed by atoms with Crippen molar-refractivity contribution in [2.75, 3.05) is 6.54 Å². The number of benzene rings is 1. The Kier molecular flexibility index (Phi) is 4.99. The maximum Gasteiger partial charge on any atom is 0.422 e. The van der Waals surface area contributed by atoms with Crippen LogP contribution >= 0.6 is 0 Å². The van der Waals surface area contributed by atoms with Crippen LogP contribution in [0.25, 0.3) is 0 Å². The first-order valence-electron chi connectivity index (χ1n) is 7.24. The molecule has 0 saturated heterocycles. The molecule has 10 heteroatoms. The summed E-state index contributed by atoms with van der Waals surface area (Å²) in [6.45, 7) is 1.67. The van der Waals surface area contributed by atoms with Crippen molar-refractivity contribution in [2.45, 2.75) is 30.5 Å². The van der Waals surface area contributed by atoms with Gasteiger partial charge in [-0.2, -0.15) is 18.3 Å². The molecule has 0 bridgehead atoms. The van der Waals surface area contributed by atoms with E-state index in [0.29, 0.717) is 0 Å². The average molecular weight is 377 g/mol. The Morgan fingerprint density at radius 1 is 1.20 bits per heavy atom. The lowest BCUT2D eigenvalue weighted by Gasteiger charge is -2.31. The van der Waals surface area contributed by atoms with Crippen LogP contribution in [0.1, 0.15) is 17.0 Å². The number of rotatable bonds is 5. The minimum atomic E-state index is -5.07. The summed E-state index contributed by atoms with van der Waals surface area (Å²) in [5, 5.41) is 14.1. The van der Waals surface area contributed by atoms with Gasteiger partial charge >= 0.3 is 6.18 Å². The van der Waals surface area contributed by atoms with Crippen LogP contribution in [0.15, 0.2) is 35.2 Å². The van der Waals surface area contributed by atoms with E-state index in [4.69, 9.17) is 0 Å². The van der Waals surface area contributed by atoms with Gasteiger partial charge in [-0.1, -0.05) is 30.3 Å². The number of sulfonamides is 1. The molecule has 2 rings (SSSR count). The van der Waals surface area contributed by atoms with Crippen molar-refractivity contribution in [2.24, 2.45) is 7.05 Å². The molecule has 1 aromatic carbocycles. The van der Waals surface area contributed by atoms with E-state index in [1.807, 2.05) is 4.72 Å². The first-order valence-corrected chi connectivity index (χ1v) is 8.73. The van der Waals surface area contributed by atoms with E-state index in [-0.39, 0.29) is 16.3 Å². The summed E-state index contributed by atoms with van der Waals surface area (Å²) in [5.74, 6) is 0. The Hall–Kier alpha value is -1.91. The molecule has 138 valence electrons. The molecule has 1 heterocycles. The Morgan fingerprint density at radius 3 is 2.20 bits per heavy atom. The quantitative estimate of drug-likeness (QED) is 0.832. The highest BCUT2D eigenvalue weighted by atomic mass is 32.2. The number of aryl methyl sites for hydroxylation is 2. The predicted molar refractivity (Wildman–Crippen MR) is 84.3 cm³/mol. The van der Waals surface area contributed by atoms with Gasteiger partial charge in [0.2, 0.25) is 10.0 Å². The van der Waals surface area contributed by atoms with Crippen LogP contribution in [0.5, 0.6) is 0 Å². The third-order valence-electron chi connectivity index (χ3n) is 3.95. The molecule has 0 aliphatic rings. The minimum Gasteiger partial charge on any atom is -0.375 e. The van der Waals surface area contributed by atoms with Crippen molar-refractivity contribution in [3.63, 3.8) is 0 Å². The molecule has 2 N–H and O–H groups in total. The molecule has 25 heavy (non-hydrogen) atoms. The number of nitrogens with zero attached hydrogens (tertiary/aromatic N) is 2. The van der Waals surface area contributed by atoms with Gasteiger partial charge in [-0.25, -0.2) is 13.1 Å². The maximum absolute atomic E-state index is 13.4. The zero-order chi connectivity index (χ0) is 19.0. The van der Waals surface area contributed by atoms with Crippen molar-refractivity contribution < 1.29 is 26.7 Å². The fourth-order valence-electron chi connectivity index (χ4n) is 2.49. The van der Waals surface area contributed by atoms with Gasteiger partial charge in [-0.3, -0.25) is 4.68 Å². The smallest absolute Gasteiger partial charge is 0.375 e. The van der Waals surface area contributed by atoms with Crippen LogP contribution in [0.2, 0.25) is 0 Å². The van der Waals surface area contributed by atoms with Crippen molar-refractivity contribution >= 4 is 10.0 Å². The molecule has 2 aromatic rings. The first kappa shape index (κ1) is 19.4. The Balaban J connectivity index is 2.39. The predicted octanol–water partition coefficient (Wildman–Crippen LogP) is 1.77. The van der Waals surface area contributed by atoms with Gasteiger partial charge in [0.15, 0.2) is 5.60 Å². The third-order valence-corrected chi connectivity index (χ3v) is 5.60. The van der Waals surface area contributed by atoms with Crippen LogP contribution in [0.4, 0.5) is 13.2 Å². The minimum absolute atomic E-state index is 0.155. The SMILES string of the molecule is Cc1nn(C)c(C)c1S(=O)(=O)NC[C@](O)(c1ccccc1)C(F)(F)F. The van der Waals surface area contributed by atoms with E-state index in [1.54, 1.807) is 0 Å². The molecule has 0 spiro atoms. The molecule has 0 aliphatic heterocycles. The molecule has 0 unspecified atom stereocenters. The summed E-state index contributed by atoms with van der Waals surface area (Å²) < 4.78 is 68.4. The molecular weight excluding hydrogens is 359 g/mol. The van der Waals surface area contributed by atoms with Crippen molar-refractivity contribution in [1.82, 2.24) is 14.5 Å². The number of nitrogens with one attached hydrogen (secondary N) is 1. The molecule has 0 amide bonds. The number of hydrogen-bond acceptors (Lipinski definition) is 4. The number of aliphatic hydroxyl groups is 1. The molecule has 1 atom stereocenters. The summed E-state index contributed by atoms with van der Waals surface area (Å²) in [6, 6.07) is 6.32. The molecule has 0 radical (unpaired) electrons. The third kappa shape index (κ3) is 3.55. The second-order valence-corrected chi connectivity index (χ2v) is 7.38. The van der Waals surface area contributed by atoms with E-state index in [0.717, 1.165) is 12.1 Å². The van der Waals surface area contributed by atoms with Gasteiger partial charge in [0.25, 0.3) is 0 Å². The number of hydrogen-bond donors (Lipinski definition) is 2. The van der Waals surface area contributed by atoms with E-state index >= 15 is 0 Å². The summed E-state index contributed by atoms with van der Waals surface area (Å²) >= 11 is 0. The monoisotopic (exact) mass is 377 g/mol. The van der Waals surface area contributed by atoms with Crippen LogP contribution in [-0.4, -0.2) is 36.0 Å². The second kappa shape index (κ2) is 6.43. The van der Waals surface area contributed by atoms with Gasteiger partial charge in [-0.05, 0) is 19.4 Å². The molecule has 1 aromatic heterocycles. The van der Waals surface area contributed by atoms with Crippen molar-refractivity contribution in [3.8, 4) is 0 Å². The highest BCUT2D eigenvalue weighted by molar-refractivity contribution is 7.89. The standard InChI is InChI=1S/C15H18F3N3O3S/c1-10-13(11(2)21(3)20-10)25(23,24)19-9-14(22,15(16,17)18)12-7-5-4-6-8-12/h4-8,19,22H,9H2,1-3H3/t14-/m0/s1. The van der Waals surface area contributed by atoms with Gasteiger partial charge in [0.1, 0.15) is 4.90 Å². The summed E-state index contributed by atoms with van der Waals surface area (Å²) in [6.07, 6.45) is -5.07. The topological polar surface area (TPSA) is 84.2 Å². The molecule has 0 fully saturated rings. The van der Waals surface area contributed by atoms with Crippen LogP contribution < -0.4 is 4.72 Å². The highest BCUT2D eigenvalue weighted by Crippen LogP contribution is 2.38. The lowest BCUT2D eigenvalue weighted by molar-refractivity contribution is -0.263. The normalized spacial score (nSPS) is 15.2. The summed E-state index contributed by atoms with van der Waals surface area (Å²) in [4.78, 5) is -0.201. The lowest BCUT2D eigenvalue weighted by atomic mass is 9.93. The number of halogens is 3. The largest absolute Gasteiger partial charge is 0.422 e. The van der Waals surface area contributed by atoms with Gasteiger partial charge < -0.3 is 5.11 Å². The Morgan fingerprint density at radius 2 is 1.76 bits per heavy atom. The average Bonchev–Trinajstić information content (AvgIpc) is 2.78. The first-order chi connectivity index (χ1) is 11.4. The zero-order valence-electron chi connectivity index (χ0n) is 13.8. The molecule has 0 saturated carbocycles. The Bertz CT molecular complexity index is 863. The lowest BCUT2D eigenvalue weighted by Crippen LogP contribution is -2.51. The van der Waals surface area contributed by atoms with Crippen LogP contribution in [0.3, 0.4) is 0 Å². The van der Waals surface area contributed by atoms with Crippen LogP contribution in [0, 0.1) is 13.8 Å². The highest BCUT2D eigenvalue weighted by Gasteiger charge is 2.55. The van der Waals surface area contributed by atoms with Crippen LogP contribution in [-0.2, 0) is 22.7 Å². The van der Waals surface area contributed by atoms with Gasteiger partial charge in [0.05, 0.1) is 17.9 Å². The number of alkyl halides is 3. The van der Waals surface area contributed by atoms with E-state index in [1.165, 1.54) is 43.8 Å². The summed E-state index contributed by atoms with van der Waals surface area (Å²) in [5.41, 5.74) is -3.38. The van der Waals surface area contributed by atoms with Gasteiger partial charge in [0, 0.05) is 7.05 Å². The number of aromatic nitrogens is 2. The molecule has 0 aliphatic carbocycles. The zero-order valence-corrected chi connectivity index (χ0v) is 14.6. The molecule has 6 nitrogen and oxygen atoms in total. The summed E-state index contributed by atoms with van der Waals surface area (Å²) in [7, 11) is -2.77. The van der Waals surface area contributed by atoms with E-state index in [9.17, 15) is 26.7 Å². The Labute approximate surface area is 143 Å². The van der Waals surface area contributed by atoms with E-state index < -0.39 is 33.9 Å². The van der Waals surface area contributed by atoms with Crippen molar-refractivity contribution in [1.29, 1.82) is 0 Å².